The van der Waals surface area contributed by atoms with Gasteiger partial charge in [-0.2, -0.15) is 0 Å². The van der Waals surface area contributed by atoms with E-state index in [0.717, 1.165) is 11.4 Å². The van der Waals surface area contributed by atoms with Gasteiger partial charge in [0.15, 0.2) is 0 Å². The zero-order chi connectivity index (χ0) is 10.8. The Kier molecular flexibility index (Phi) is 3.43. The van der Waals surface area contributed by atoms with Crippen LogP contribution in [0.1, 0.15) is 37.1 Å². The molecule has 0 saturated heterocycles. The molecule has 1 heterocycles. The lowest BCUT2D eigenvalue weighted by Crippen LogP contribution is -2.20. The Hall–Kier alpha value is -0.700. The van der Waals surface area contributed by atoms with Crippen molar-refractivity contribution in [2.24, 2.45) is 5.41 Å². The van der Waals surface area contributed by atoms with Crippen molar-refractivity contribution in [2.75, 3.05) is 0 Å². The van der Waals surface area contributed by atoms with E-state index in [1.807, 2.05) is 33.9 Å². The first kappa shape index (κ1) is 11.4. The molecule has 1 aromatic rings. The first-order valence-electron chi connectivity index (χ1n) is 4.84. The van der Waals surface area contributed by atoms with Crippen molar-refractivity contribution in [3.05, 3.63) is 16.1 Å². The summed E-state index contributed by atoms with van der Waals surface area (Å²) in [7, 11) is 0. The first-order chi connectivity index (χ1) is 6.39. The maximum atomic E-state index is 11.6. The van der Waals surface area contributed by atoms with E-state index < -0.39 is 0 Å². The van der Waals surface area contributed by atoms with Crippen molar-refractivity contribution in [1.82, 2.24) is 4.98 Å². The number of hydrogen-bond donors (Lipinski definition) is 0. The van der Waals surface area contributed by atoms with Gasteiger partial charge >= 0.3 is 0 Å². The average Bonchev–Trinajstić information content (AvgIpc) is 2.45. The summed E-state index contributed by atoms with van der Waals surface area (Å²) in [6.45, 7) is 7.88. The van der Waals surface area contributed by atoms with Gasteiger partial charge in [-0.25, -0.2) is 4.98 Å². The minimum absolute atomic E-state index is 0.209. The Balaban J connectivity index is 2.46. The summed E-state index contributed by atoms with van der Waals surface area (Å²) in [4.78, 5) is 17.0. The van der Waals surface area contributed by atoms with Crippen LogP contribution in [0.4, 0.5) is 0 Å². The van der Waals surface area contributed by atoms with Crippen molar-refractivity contribution in [3.8, 4) is 0 Å². The SMILES string of the molecule is Cc1ncc(CCC(=O)C(C)(C)C)s1. The number of hydrogen-bond acceptors (Lipinski definition) is 3. The highest BCUT2D eigenvalue weighted by atomic mass is 32.1. The zero-order valence-corrected chi connectivity index (χ0v) is 10.1. The van der Waals surface area contributed by atoms with Gasteiger partial charge in [-0.05, 0) is 13.3 Å². The fraction of sp³-hybridized carbons (Fsp3) is 0.636. The van der Waals surface area contributed by atoms with Gasteiger partial charge in [-0.3, -0.25) is 4.79 Å². The van der Waals surface area contributed by atoms with E-state index in [4.69, 9.17) is 0 Å². The van der Waals surface area contributed by atoms with Gasteiger partial charge < -0.3 is 0 Å². The summed E-state index contributed by atoms with van der Waals surface area (Å²) in [6, 6.07) is 0. The monoisotopic (exact) mass is 211 g/mol. The summed E-state index contributed by atoms with van der Waals surface area (Å²) < 4.78 is 0. The van der Waals surface area contributed by atoms with Crippen LogP contribution in [-0.2, 0) is 11.2 Å². The van der Waals surface area contributed by atoms with Gasteiger partial charge in [0.25, 0.3) is 0 Å². The first-order valence-corrected chi connectivity index (χ1v) is 5.66. The maximum absolute atomic E-state index is 11.6. The second-order valence-electron chi connectivity index (χ2n) is 4.52. The van der Waals surface area contributed by atoms with E-state index in [1.54, 1.807) is 11.3 Å². The molecule has 0 radical (unpaired) electrons. The standard InChI is InChI=1S/C11H17NOS/c1-8-12-7-9(14-8)5-6-10(13)11(2,3)4/h7H,5-6H2,1-4H3. The number of ketones is 1. The van der Waals surface area contributed by atoms with Crippen LogP contribution in [0.25, 0.3) is 0 Å². The number of rotatable bonds is 3. The van der Waals surface area contributed by atoms with Gasteiger partial charge in [0, 0.05) is 22.9 Å². The highest BCUT2D eigenvalue weighted by Gasteiger charge is 2.20. The number of aromatic nitrogens is 1. The number of carbonyl (C=O) groups excluding carboxylic acids is 1. The molecule has 3 heteroatoms. The Bertz CT molecular complexity index is 322. The Morgan fingerprint density at radius 3 is 2.57 bits per heavy atom. The molecule has 0 aliphatic rings. The second-order valence-corrected chi connectivity index (χ2v) is 5.84. The Labute approximate surface area is 89.4 Å². The molecule has 14 heavy (non-hydrogen) atoms. The van der Waals surface area contributed by atoms with Crippen LogP contribution < -0.4 is 0 Å². The molecule has 0 atom stereocenters. The molecule has 2 nitrogen and oxygen atoms in total. The molecule has 0 amide bonds. The lowest BCUT2D eigenvalue weighted by molar-refractivity contribution is -0.126. The molecule has 1 rings (SSSR count). The summed E-state index contributed by atoms with van der Waals surface area (Å²) in [5.74, 6) is 0.323. The summed E-state index contributed by atoms with van der Waals surface area (Å²) in [5, 5.41) is 1.07. The van der Waals surface area contributed by atoms with Gasteiger partial charge in [-0.15, -0.1) is 11.3 Å². The second kappa shape index (κ2) is 4.22. The molecule has 0 spiro atoms. The van der Waals surface area contributed by atoms with Crippen LogP contribution in [0.3, 0.4) is 0 Å². The van der Waals surface area contributed by atoms with Crippen molar-refractivity contribution >= 4 is 17.1 Å². The van der Waals surface area contributed by atoms with E-state index >= 15 is 0 Å². The van der Waals surface area contributed by atoms with Crippen molar-refractivity contribution in [1.29, 1.82) is 0 Å². The maximum Gasteiger partial charge on any atom is 0.138 e. The minimum Gasteiger partial charge on any atom is -0.299 e. The normalized spacial score (nSPS) is 11.7. The number of carbonyl (C=O) groups is 1. The van der Waals surface area contributed by atoms with Crippen LogP contribution >= 0.6 is 11.3 Å². The van der Waals surface area contributed by atoms with E-state index in [2.05, 4.69) is 4.98 Å². The van der Waals surface area contributed by atoms with Crippen LogP contribution in [0.2, 0.25) is 0 Å². The van der Waals surface area contributed by atoms with E-state index in [0.29, 0.717) is 12.2 Å². The molecule has 0 aliphatic heterocycles. The third-order valence-corrected chi connectivity index (χ3v) is 3.08. The van der Waals surface area contributed by atoms with Crippen LogP contribution in [-0.4, -0.2) is 10.8 Å². The summed E-state index contributed by atoms with van der Waals surface area (Å²) >= 11 is 1.68. The fourth-order valence-electron chi connectivity index (χ4n) is 1.13. The molecule has 0 unspecified atom stereocenters. The Morgan fingerprint density at radius 2 is 2.14 bits per heavy atom. The number of nitrogens with zero attached hydrogens (tertiary/aromatic N) is 1. The molecule has 0 bridgehead atoms. The molecule has 78 valence electrons. The summed E-state index contributed by atoms with van der Waals surface area (Å²) in [5.41, 5.74) is -0.209. The van der Waals surface area contributed by atoms with Crippen LogP contribution in [0.15, 0.2) is 6.20 Å². The molecule has 1 aromatic heterocycles. The quantitative estimate of drug-likeness (QED) is 0.769. The number of aryl methyl sites for hydroxylation is 2. The lowest BCUT2D eigenvalue weighted by atomic mass is 9.88. The predicted molar refractivity (Wildman–Crippen MR) is 59.6 cm³/mol. The topological polar surface area (TPSA) is 30.0 Å². The molecule has 0 aromatic carbocycles. The van der Waals surface area contributed by atoms with Crippen molar-refractivity contribution in [3.63, 3.8) is 0 Å². The average molecular weight is 211 g/mol. The zero-order valence-electron chi connectivity index (χ0n) is 9.26. The smallest absolute Gasteiger partial charge is 0.138 e. The number of Topliss-reactive ketones (excluding diaryl/α,β-unsaturated/α-hetero) is 1. The van der Waals surface area contributed by atoms with Crippen LogP contribution in [0, 0.1) is 12.3 Å². The van der Waals surface area contributed by atoms with E-state index in [9.17, 15) is 4.79 Å². The van der Waals surface area contributed by atoms with E-state index in [-0.39, 0.29) is 5.41 Å². The van der Waals surface area contributed by atoms with Crippen molar-refractivity contribution < 1.29 is 4.79 Å². The van der Waals surface area contributed by atoms with Gasteiger partial charge in [-0.1, -0.05) is 20.8 Å². The van der Waals surface area contributed by atoms with Gasteiger partial charge in [0.2, 0.25) is 0 Å². The Morgan fingerprint density at radius 1 is 1.50 bits per heavy atom. The van der Waals surface area contributed by atoms with E-state index in [1.165, 1.54) is 4.88 Å². The molecule has 0 fully saturated rings. The third kappa shape index (κ3) is 3.22. The third-order valence-electron chi connectivity index (χ3n) is 2.10. The number of thiazole rings is 1. The molecule has 0 N–H and O–H groups in total. The predicted octanol–water partition coefficient (Wildman–Crippen LogP) is 3.00. The summed E-state index contributed by atoms with van der Waals surface area (Å²) in [6.07, 6.45) is 3.34. The van der Waals surface area contributed by atoms with Crippen LogP contribution in [0.5, 0.6) is 0 Å². The minimum atomic E-state index is -0.209. The van der Waals surface area contributed by atoms with Gasteiger partial charge in [0.05, 0.1) is 5.01 Å². The van der Waals surface area contributed by atoms with Gasteiger partial charge in [0.1, 0.15) is 5.78 Å². The molecular weight excluding hydrogens is 194 g/mol. The van der Waals surface area contributed by atoms with Crippen molar-refractivity contribution in [2.45, 2.75) is 40.5 Å². The fourth-order valence-corrected chi connectivity index (χ4v) is 1.93. The molecule has 0 aliphatic carbocycles. The highest BCUT2D eigenvalue weighted by Crippen LogP contribution is 2.20. The molecular formula is C11H17NOS. The highest BCUT2D eigenvalue weighted by molar-refractivity contribution is 7.11. The molecule has 0 saturated carbocycles. The lowest BCUT2D eigenvalue weighted by Gasteiger charge is -2.15. The largest absolute Gasteiger partial charge is 0.299 e.